The molecule has 2 amide bonds. The van der Waals surface area contributed by atoms with E-state index in [4.69, 9.17) is 10.2 Å². The molecule has 0 spiro atoms. The van der Waals surface area contributed by atoms with Gasteiger partial charge in [-0.1, -0.05) is 13.3 Å². The lowest BCUT2D eigenvalue weighted by Gasteiger charge is -2.32. The second-order valence-corrected chi connectivity index (χ2v) is 5.11. The van der Waals surface area contributed by atoms with Gasteiger partial charge in [0, 0.05) is 19.5 Å². The molecule has 1 heterocycles. The molecule has 0 saturated carbocycles. The molecule has 7 nitrogen and oxygen atoms in total. The van der Waals surface area contributed by atoms with Gasteiger partial charge in [0.2, 0.25) is 0 Å². The number of nitrogens with zero attached hydrogens (tertiary/aromatic N) is 1. The van der Waals surface area contributed by atoms with Crippen LogP contribution in [0.4, 0.5) is 4.79 Å². The van der Waals surface area contributed by atoms with E-state index in [1.54, 1.807) is 4.90 Å². The molecule has 1 aliphatic heterocycles. The molecule has 20 heavy (non-hydrogen) atoms. The first-order chi connectivity index (χ1) is 9.43. The fourth-order valence-electron chi connectivity index (χ4n) is 2.31. The lowest BCUT2D eigenvalue weighted by atomic mass is 9.95. The van der Waals surface area contributed by atoms with E-state index >= 15 is 0 Å². The van der Waals surface area contributed by atoms with E-state index in [-0.39, 0.29) is 12.8 Å². The molecule has 0 radical (unpaired) electrons. The molecular weight excluding hydrogens is 264 g/mol. The molecule has 1 aliphatic rings. The number of urea groups is 1. The van der Waals surface area contributed by atoms with Crippen molar-refractivity contribution < 1.29 is 24.6 Å². The number of aliphatic carboxylic acids is 2. The molecule has 1 atom stereocenters. The lowest BCUT2D eigenvalue weighted by Crippen LogP contribution is -2.50. The van der Waals surface area contributed by atoms with E-state index in [2.05, 4.69) is 12.2 Å². The van der Waals surface area contributed by atoms with Crippen LogP contribution in [-0.2, 0) is 9.59 Å². The van der Waals surface area contributed by atoms with Crippen molar-refractivity contribution in [2.45, 2.75) is 45.1 Å². The number of piperidine rings is 1. The van der Waals surface area contributed by atoms with E-state index < -0.39 is 24.0 Å². The quantitative estimate of drug-likeness (QED) is 0.678. The molecule has 0 bridgehead atoms. The van der Waals surface area contributed by atoms with Gasteiger partial charge in [0.05, 0.1) is 0 Å². The Kier molecular flexibility index (Phi) is 6.27. The van der Waals surface area contributed by atoms with Gasteiger partial charge >= 0.3 is 18.0 Å². The summed E-state index contributed by atoms with van der Waals surface area (Å²) in [5.41, 5.74) is 0. The zero-order chi connectivity index (χ0) is 15.1. The topological polar surface area (TPSA) is 107 Å². The maximum Gasteiger partial charge on any atom is 0.326 e. The van der Waals surface area contributed by atoms with Crippen LogP contribution in [0.15, 0.2) is 0 Å². The summed E-state index contributed by atoms with van der Waals surface area (Å²) in [5.74, 6) is -1.65. The number of carboxylic acid groups (broad SMARTS) is 2. The lowest BCUT2D eigenvalue weighted by molar-refractivity contribution is -0.140. The second-order valence-electron chi connectivity index (χ2n) is 5.11. The average molecular weight is 286 g/mol. The smallest absolute Gasteiger partial charge is 0.326 e. The predicted molar refractivity (Wildman–Crippen MR) is 71.4 cm³/mol. The van der Waals surface area contributed by atoms with Gasteiger partial charge in [-0.2, -0.15) is 0 Å². The standard InChI is InChI=1S/C13H22N2O5/c1-2-9-5-7-15(8-6-9)13(20)14-10(12(18)19)3-4-11(16)17/h9-10H,2-8H2,1H3,(H,14,20)(H,16,17)(H,18,19)/t10-/m0/s1. The third-order valence-corrected chi connectivity index (χ3v) is 3.72. The van der Waals surface area contributed by atoms with Crippen molar-refractivity contribution in [1.29, 1.82) is 0 Å². The Morgan fingerprint density at radius 2 is 1.85 bits per heavy atom. The zero-order valence-electron chi connectivity index (χ0n) is 11.7. The van der Waals surface area contributed by atoms with E-state index in [0.717, 1.165) is 19.3 Å². The Morgan fingerprint density at radius 3 is 2.30 bits per heavy atom. The minimum Gasteiger partial charge on any atom is -0.481 e. The largest absolute Gasteiger partial charge is 0.481 e. The summed E-state index contributed by atoms with van der Waals surface area (Å²) < 4.78 is 0. The van der Waals surface area contributed by atoms with Crippen LogP contribution in [0.1, 0.15) is 39.0 Å². The van der Waals surface area contributed by atoms with Crippen LogP contribution in [0.3, 0.4) is 0 Å². The number of likely N-dealkylation sites (tertiary alicyclic amines) is 1. The molecule has 3 N–H and O–H groups in total. The minimum atomic E-state index is -1.21. The van der Waals surface area contributed by atoms with Crippen molar-refractivity contribution in [2.24, 2.45) is 5.92 Å². The van der Waals surface area contributed by atoms with Crippen LogP contribution in [0.2, 0.25) is 0 Å². The highest BCUT2D eigenvalue weighted by Gasteiger charge is 2.26. The van der Waals surface area contributed by atoms with E-state index in [1.165, 1.54) is 0 Å². The van der Waals surface area contributed by atoms with E-state index in [0.29, 0.717) is 19.0 Å². The summed E-state index contributed by atoms with van der Waals surface area (Å²) in [6.07, 6.45) is 2.55. The van der Waals surface area contributed by atoms with Crippen molar-refractivity contribution >= 4 is 18.0 Å². The van der Waals surface area contributed by atoms with Gasteiger partial charge in [0.15, 0.2) is 0 Å². The maximum absolute atomic E-state index is 12.0. The summed E-state index contributed by atoms with van der Waals surface area (Å²) in [7, 11) is 0. The SMILES string of the molecule is CCC1CCN(C(=O)N[C@@H](CCC(=O)O)C(=O)O)CC1. The Morgan fingerprint density at radius 1 is 1.25 bits per heavy atom. The van der Waals surface area contributed by atoms with Crippen molar-refractivity contribution in [1.82, 2.24) is 10.2 Å². The van der Waals surface area contributed by atoms with Crippen LogP contribution >= 0.6 is 0 Å². The van der Waals surface area contributed by atoms with Gasteiger partial charge in [-0.05, 0) is 25.2 Å². The van der Waals surface area contributed by atoms with Crippen LogP contribution in [0, 0.1) is 5.92 Å². The number of nitrogens with one attached hydrogen (secondary N) is 1. The molecule has 1 rings (SSSR count). The number of amides is 2. The minimum absolute atomic E-state index is 0.109. The van der Waals surface area contributed by atoms with Gasteiger partial charge in [-0.15, -0.1) is 0 Å². The number of carbonyl (C=O) groups excluding carboxylic acids is 1. The van der Waals surface area contributed by atoms with Gasteiger partial charge < -0.3 is 20.4 Å². The van der Waals surface area contributed by atoms with Gasteiger partial charge in [0.1, 0.15) is 6.04 Å². The molecule has 114 valence electrons. The highest BCUT2D eigenvalue weighted by molar-refractivity contribution is 5.83. The fraction of sp³-hybridized carbons (Fsp3) is 0.769. The number of hydrogen-bond acceptors (Lipinski definition) is 3. The normalized spacial score (nSPS) is 17.6. The van der Waals surface area contributed by atoms with Crippen molar-refractivity contribution in [3.05, 3.63) is 0 Å². The number of hydrogen-bond donors (Lipinski definition) is 3. The molecule has 1 saturated heterocycles. The molecule has 0 aromatic heterocycles. The van der Waals surface area contributed by atoms with Gasteiger partial charge in [0.25, 0.3) is 0 Å². The van der Waals surface area contributed by atoms with E-state index in [9.17, 15) is 14.4 Å². The Bertz CT molecular complexity index is 364. The molecule has 0 aromatic rings. The average Bonchev–Trinajstić information content (AvgIpc) is 2.42. The molecule has 7 heteroatoms. The first kappa shape index (κ1) is 16.3. The summed E-state index contributed by atoms with van der Waals surface area (Å²) >= 11 is 0. The van der Waals surface area contributed by atoms with Crippen molar-refractivity contribution in [3.8, 4) is 0 Å². The summed E-state index contributed by atoms with van der Waals surface area (Å²) in [4.78, 5) is 35.0. The molecular formula is C13H22N2O5. The molecule has 0 aliphatic carbocycles. The highest BCUT2D eigenvalue weighted by atomic mass is 16.4. The third kappa shape index (κ3) is 5.07. The van der Waals surface area contributed by atoms with Gasteiger partial charge in [-0.3, -0.25) is 4.79 Å². The zero-order valence-corrected chi connectivity index (χ0v) is 11.7. The maximum atomic E-state index is 12.0. The predicted octanol–water partition coefficient (Wildman–Crippen LogP) is 1.14. The third-order valence-electron chi connectivity index (χ3n) is 3.72. The van der Waals surface area contributed by atoms with Gasteiger partial charge in [-0.25, -0.2) is 9.59 Å². The fourth-order valence-corrected chi connectivity index (χ4v) is 2.31. The highest BCUT2D eigenvalue weighted by Crippen LogP contribution is 2.19. The summed E-state index contributed by atoms with van der Waals surface area (Å²) in [6, 6.07) is -1.57. The molecule has 0 unspecified atom stereocenters. The Balaban J connectivity index is 2.45. The first-order valence-corrected chi connectivity index (χ1v) is 6.94. The number of carboxylic acids is 2. The van der Waals surface area contributed by atoms with Crippen LogP contribution in [-0.4, -0.2) is 52.2 Å². The van der Waals surface area contributed by atoms with Crippen molar-refractivity contribution in [3.63, 3.8) is 0 Å². The number of carbonyl (C=O) groups is 3. The Labute approximate surface area is 117 Å². The molecule has 1 fully saturated rings. The van der Waals surface area contributed by atoms with Crippen LogP contribution in [0.5, 0.6) is 0 Å². The molecule has 0 aromatic carbocycles. The second kappa shape index (κ2) is 7.72. The van der Waals surface area contributed by atoms with Crippen molar-refractivity contribution in [2.75, 3.05) is 13.1 Å². The Hall–Kier alpha value is -1.79. The monoisotopic (exact) mass is 286 g/mol. The summed E-state index contributed by atoms with van der Waals surface area (Å²) in [5, 5.41) is 20.0. The first-order valence-electron chi connectivity index (χ1n) is 6.94. The van der Waals surface area contributed by atoms with Crippen LogP contribution in [0.25, 0.3) is 0 Å². The van der Waals surface area contributed by atoms with E-state index in [1.807, 2.05) is 0 Å². The number of rotatable bonds is 6. The summed E-state index contributed by atoms with van der Waals surface area (Å²) in [6.45, 7) is 3.36. The van der Waals surface area contributed by atoms with Crippen LogP contribution < -0.4 is 5.32 Å².